The fourth-order valence-electron chi connectivity index (χ4n) is 2.31. The molecule has 0 aromatic carbocycles. The minimum absolute atomic E-state index is 0.112. The Balaban J connectivity index is 1.56. The Morgan fingerprint density at radius 3 is 3.19 bits per heavy atom. The second-order valence-electron chi connectivity index (χ2n) is 5.02. The van der Waals surface area contributed by atoms with Gasteiger partial charge in [0.1, 0.15) is 0 Å². The van der Waals surface area contributed by atoms with E-state index in [-0.39, 0.29) is 11.9 Å². The molecular weight excluding hydrogens is 290 g/mol. The molecule has 0 radical (unpaired) electrons. The van der Waals surface area contributed by atoms with Crippen LogP contribution in [0.5, 0.6) is 0 Å². The summed E-state index contributed by atoms with van der Waals surface area (Å²) in [5.41, 5.74) is 0.923. The molecule has 21 heavy (non-hydrogen) atoms. The van der Waals surface area contributed by atoms with Gasteiger partial charge in [0.2, 0.25) is 17.7 Å². The van der Waals surface area contributed by atoms with Gasteiger partial charge in [0, 0.05) is 30.3 Å². The van der Waals surface area contributed by atoms with Crippen molar-refractivity contribution in [3.05, 3.63) is 22.7 Å². The molecule has 0 saturated carbocycles. The largest absolute Gasteiger partial charge is 0.421 e. The summed E-state index contributed by atoms with van der Waals surface area (Å²) < 4.78 is 10.9. The van der Waals surface area contributed by atoms with Gasteiger partial charge in [-0.2, -0.15) is 11.3 Å². The maximum atomic E-state index is 12.2. The Hall–Kier alpha value is -1.73. The summed E-state index contributed by atoms with van der Waals surface area (Å²) in [4.78, 5) is 14.1. The molecule has 1 unspecified atom stereocenters. The van der Waals surface area contributed by atoms with E-state index in [0.29, 0.717) is 44.4 Å². The fraction of sp³-hybridized carbons (Fsp3) is 0.500. The first-order chi connectivity index (χ1) is 10.2. The third-order valence-corrected chi connectivity index (χ3v) is 4.16. The molecule has 1 aliphatic heterocycles. The molecule has 1 atom stereocenters. The number of ether oxygens (including phenoxy) is 1. The Bertz CT molecular complexity index is 596. The van der Waals surface area contributed by atoms with Crippen LogP contribution in [0.25, 0.3) is 11.5 Å². The minimum atomic E-state index is 0.112. The maximum Gasteiger partial charge on any atom is 0.248 e. The maximum absolute atomic E-state index is 12.2. The van der Waals surface area contributed by atoms with Crippen LogP contribution in [-0.4, -0.2) is 46.8 Å². The van der Waals surface area contributed by atoms with Gasteiger partial charge in [0.15, 0.2) is 0 Å². The fourth-order valence-corrected chi connectivity index (χ4v) is 2.94. The van der Waals surface area contributed by atoms with E-state index >= 15 is 0 Å². The monoisotopic (exact) mass is 307 g/mol. The molecule has 1 saturated heterocycles. The summed E-state index contributed by atoms with van der Waals surface area (Å²) in [6.45, 7) is 3.87. The van der Waals surface area contributed by atoms with Gasteiger partial charge < -0.3 is 14.1 Å². The number of hydrogen-bond acceptors (Lipinski definition) is 6. The topological polar surface area (TPSA) is 68.5 Å². The zero-order valence-corrected chi connectivity index (χ0v) is 12.6. The van der Waals surface area contributed by atoms with E-state index in [4.69, 9.17) is 9.15 Å². The first-order valence-electron chi connectivity index (χ1n) is 6.96. The SMILES string of the molecule is CC1COCCN1C(=O)CCc1nnc(-c2ccsc2)o1. The first-order valence-corrected chi connectivity index (χ1v) is 7.90. The number of amides is 1. The van der Waals surface area contributed by atoms with E-state index in [0.717, 1.165) is 5.56 Å². The normalized spacial score (nSPS) is 18.9. The lowest BCUT2D eigenvalue weighted by molar-refractivity contribution is -0.139. The van der Waals surface area contributed by atoms with Crippen LogP contribution in [-0.2, 0) is 16.0 Å². The molecule has 6 nitrogen and oxygen atoms in total. The molecule has 1 fully saturated rings. The summed E-state index contributed by atoms with van der Waals surface area (Å²) in [6.07, 6.45) is 0.857. The van der Waals surface area contributed by atoms with Crippen molar-refractivity contribution in [2.24, 2.45) is 0 Å². The molecule has 2 aromatic rings. The third-order valence-electron chi connectivity index (χ3n) is 3.48. The van der Waals surface area contributed by atoms with Crippen molar-refractivity contribution in [2.45, 2.75) is 25.8 Å². The van der Waals surface area contributed by atoms with Crippen molar-refractivity contribution in [1.29, 1.82) is 0 Å². The van der Waals surface area contributed by atoms with Crippen LogP contribution in [0.2, 0.25) is 0 Å². The predicted molar refractivity (Wildman–Crippen MR) is 77.9 cm³/mol. The second-order valence-corrected chi connectivity index (χ2v) is 5.80. The summed E-state index contributed by atoms with van der Waals surface area (Å²) >= 11 is 1.58. The molecule has 112 valence electrons. The summed E-state index contributed by atoms with van der Waals surface area (Å²) in [7, 11) is 0. The van der Waals surface area contributed by atoms with Crippen LogP contribution in [0.4, 0.5) is 0 Å². The van der Waals surface area contributed by atoms with Crippen LogP contribution in [0.1, 0.15) is 19.2 Å². The average molecular weight is 307 g/mol. The Kier molecular flexibility index (Phi) is 4.31. The molecule has 2 aromatic heterocycles. The molecule has 0 bridgehead atoms. The van der Waals surface area contributed by atoms with E-state index in [9.17, 15) is 4.79 Å². The van der Waals surface area contributed by atoms with Crippen LogP contribution < -0.4 is 0 Å². The summed E-state index contributed by atoms with van der Waals surface area (Å²) in [6, 6.07) is 2.07. The van der Waals surface area contributed by atoms with Gasteiger partial charge in [-0.3, -0.25) is 4.79 Å². The number of morpholine rings is 1. The first kappa shape index (κ1) is 14.2. The average Bonchev–Trinajstić information content (AvgIpc) is 3.16. The van der Waals surface area contributed by atoms with E-state index in [2.05, 4.69) is 10.2 Å². The molecule has 0 aliphatic carbocycles. The Labute approximate surface area is 126 Å². The molecule has 3 heterocycles. The van der Waals surface area contributed by atoms with Gasteiger partial charge in [-0.15, -0.1) is 10.2 Å². The number of rotatable bonds is 4. The van der Waals surface area contributed by atoms with Crippen molar-refractivity contribution in [3.63, 3.8) is 0 Å². The number of nitrogens with zero attached hydrogens (tertiary/aromatic N) is 3. The second kappa shape index (κ2) is 6.36. The van der Waals surface area contributed by atoms with Gasteiger partial charge in [0.05, 0.1) is 19.3 Å². The van der Waals surface area contributed by atoms with Gasteiger partial charge in [-0.1, -0.05) is 0 Å². The number of carbonyl (C=O) groups excluding carboxylic acids is 1. The predicted octanol–water partition coefficient (Wildman–Crippen LogP) is 1.98. The highest BCUT2D eigenvalue weighted by Crippen LogP contribution is 2.21. The lowest BCUT2D eigenvalue weighted by atomic mass is 10.2. The quantitative estimate of drug-likeness (QED) is 0.864. The van der Waals surface area contributed by atoms with E-state index in [1.807, 2.05) is 28.7 Å². The number of aryl methyl sites for hydroxylation is 1. The van der Waals surface area contributed by atoms with Gasteiger partial charge >= 0.3 is 0 Å². The highest BCUT2D eigenvalue weighted by Gasteiger charge is 2.23. The molecule has 3 rings (SSSR count). The standard InChI is InChI=1S/C14H17N3O3S/c1-10-8-19-6-5-17(10)13(18)3-2-12-15-16-14(20-12)11-4-7-21-9-11/h4,7,9-10H,2-3,5-6,8H2,1H3. The number of carbonyl (C=O) groups is 1. The van der Waals surface area contributed by atoms with Gasteiger partial charge in [0.25, 0.3) is 0 Å². The van der Waals surface area contributed by atoms with E-state index < -0.39 is 0 Å². The van der Waals surface area contributed by atoms with E-state index in [1.54, 1.807) is 11.3 Å². The molecule has 0 N–H and O–H groups in total. The summed E-state index contributed by atoms with van der Waals surface area (Å²) in [5.74, 6) is 1.13. The van der Waals surface area contributed by atoms with Crippen LogP contribution in [0, 0.1) is 0 Å². The van der Waals surface area contributed by atoms with Crippen molar-refractivity contribution < 1.29 is 13.9 Å². The number of thiophene rings is 1. The van der Waals surface area contributed by atoms with Gasteiger partial charge in [-0.25, -0.2) is 0 Å². The molecule has 7 heteroatoms. The highest BCUT2D eigenvalue weighted by atomic mass is 32.1. The summed E-state index contributed by atoms with van der Waals surface area (Å²) in [5, 5.41) is 11.9. The Morgan fingerprint density at radius 2 is 2.43 bits per heavy atom. The molecule has 1 aliphatic rings. The third kappa shape index (κ3) is 3.30. The van der Waals surface area contributed by atoms with Crippen molar-refractivity contribution in [2.75, 3.05) is 19.8 Å². The zero-order chi connectivity index (χ0) is 14.7. The molecule has 0 spiro atoms. The lowest BCUT2D eigenvalue weighted by Gasteiger charge is -2.33. The van der Waals surface area contributed by atoms with Crippen molar-refractivity contribution in [3.8, 4) is 11.5 Å². The van der Waals surface area contributed by atoms with Crippen LogP contribution in [0.15, 0.2) is 21.2 Å². The number of aromatic nitrogens is 2. The van der Waals surface area contributed by atoms with Crippen LogP contribution in [0.3, 0.4) is 0 Å². The number of hydrogen-bond donors (Lipinski definition) is 0. The van der Waals surface area contributed by atoms with E-state index in [1.165, 1.54) is 0 Å². The highest BCUT2D eigenvalue weighted by molar-refractivity contribution is 7.08. The van der Waals surface area contributed by atoms with Gasteiger partial charge in [-0.05, 0) is 18.4 Å². The zero-order valence-electron chi connectivity index (χ0n) is 11.8. The minimum Gasteiger partial charge on any atom is -0.421 e. The van der Waals surface area contributed by atoms with Crippen molar-refractivity contribution in [1.82, 2.24) is 15.1 Å². The molecule has 1 amide bonds. The lowest BCUT2D eigenvalue weighted by Crippen LogP contribution is -2.47. The Morgan fingerprint density at radius 1 is 1.52 bits per heavy atom. The molecular formula is C14H17N3O3S. The van der Waals surface area contributed by atoms with Crippen molar-refractivity contribution >= 4 is 17.2 Å². The van der Waals surface area contributed by atoms with Crippen LogP contribution >= 0.6 is 11.3 Å². The smallest absolute Gasteiger partial charge is 0.248 e.